The Hall–Kier alpha value is -3.71. The highest BCUT2D eigenvalue weighted by atomic mass is 35.5. The molecule has 7 nitrogen and oxygen atoms in total. The predicted octanol–water partition coefficient (Wildman–Crippen LogP) is 4.66. The molecule has 0 radical (unpaired) electrons. The molecule has 1 atom stereocenters. The van der Waals surface area contributed by atoms with E-state index in [1.807, 2.05) is 62.4 Å². The highest BCUT2D eigenvalue weighted by Gasteiger charge is 2.22. The first-order valence-corrected chi connectivity index (χ1v) is 10.9. The number of anilines is 1. The van der Waals surface area contributed by atoms with Crippen molar-refractivity contribution in [1.29, 1.82) is 5.41 Å². The molecule has 1 amide bonds. The lowest BCUT2D eigenvalue weighted by atomic mass is 10.0. The number of hydrogen-bond acceptors (Lipinski definition) is 5. The van der Waals surface area contributed by atoms with Crippen molar-refractivity contribution >= 4 is 29.8 Å². The summed E-state index contributed by atoms with van der Waals surface area (Å²) in [6.45, 7) is 5.23. The number of amides is 1. The number of hydrogen-bond donors (Lipinski definition) is 4. The second kappa shape index (κ2) is 13.1. The number of ether oxygens (including phenoxy) is 2. The minimum absolute atomic E-state index is 0. The van der Waals surface area contributed by atoms with Crippen molar-refractivity contribution in [3.05, 3.63) is 89.5 Å². The van der Waals surface area contributed by atoms with E-state index in [1.54, 1.807) is 24.3 Å². The lowest BCUT2D eigenvalue weighted by molar-refractivity contribution is -0.122. The lowest BCUT2D eigenvalue weighted by Crippen LogP contribution is -2.33. The molecular formula is C26H31ClN4O3. The van der Waals surface area contributed by atoms with Gasteiger partial charge in [0.25, 0.3) is 0 Å². The maximum Gasteiger partial charge on any atom is 0.247 e. The van der Waals surface area contributed by atoms with Crippen molar-refractivity contribution in [2.24, 2.45) is 5.73 Å². The van der Waals surface area contributed by atoms with E-state index >= 15 is 0 Å². The summed E-state index contributed by atoms with van der Waals surface area (Å²) in [5, 5.41) is 13.9. The van der Waals surface area contributed by atoms with Crippen LogP contribution >= 0.6 is 12.4 Å². The minimum Gasteiger partial charge on any atom is -0.490 e. The van der Waals surface area contributed by atoms with Crippen molar-refractivity contribution in [3.63, 3.8) is 0 Å². The molecule has 0 aliphatic rings. The SMILES string of the molecule is CCOc1ccc([C@@H](Nc2ccc(C(=N)N)cc2)C(=O)NCc2ccccc2)cc1OCC.Cl. The molecule has 0 aromatic heterocycles. The number of nitrogens with one attached hydrogen (secondary N) is 3. The molecule has 0 spiro atoms. The number of carbonyl (C=O) groups excluding carboxylic acids is 1. The third kappa shape index (κ3) is 7.15. The largest absolute Gasteiger partial charge is 0.490 e. The van der Waals surface area contributed by atoms with E-state index in [2.05, 4.69) is 10.6 Å². The third-order valence-electron chi connectivity index (χ3n) is 4.98. The van der Waals surface area contributed by atoms with Gasteiger partial charge in [-0.05, 0) is 61.4 Å². The van der Waals surface area contributed by atoms with Gasteiger partial charge in [-0.25, -0.2) is 0 Å². The van der Waals surface area contributed by atoms with Gasteiger partial charge in [0.1, 0.15) is 11.9 Å². The summed E-state index contributed by atoms with van der Waals surface area (Å²) in [4.78, 5) is 13.3. The fourth-order valence-corrected chi connectivity index (χ4v) is 3.35. The van der Waals surface area contributed by atoms with Crippen LogP contribution in [0.1, 0.15) is 36.6 Å². The van der Waals surface area contributed by atoms with Gasteiger partial charge in [-0.15, -0.1) is 12.4 Å². The molecule has 0 saturated heterocycles. The van der Waals surface area contributed by atoms with E-state index < -0.39 is 6.04 Å². The Labute approximate surface area is 206 Å². The van der Waals surface area contributed by atoms with Gasteiger partial charge in [-0.2, -0.15) is 0 Å². The average molecular weight is 483 g/mol. The topological polar surface area (TPSA) is 109 Å². The zero-order valence-electron chi connectivity index (χ0n) is 19.3. The van der Waals surface area contributed by atoms with Crippen LogP contribution in [-0.4, -0.2) is 25.0 Å². The molecule has 8 heteroatoms. The Morgan fingerprint density at radius 3 is 2.21 bits per heavy atom. The smallest absolute Gasteiger partial charge is 0.247 e. The first-order chi connectivity index (χ1) is 16.0. The van der Waals surface area contributed by atoms with Crippen LogP contribution in [0.4, 0.5) is 5.69 Å². The van der Waals surface area contributed by atoms with Crippen molar-refractivity contribution in [1.82, 2.24) is 5.32 Å². The molecule has 0 bridgehead atoms. The van der Waals surface area contributed by atoms with Gasteiger partial charge in [-0.1, -0.05) is 36.4 Å². The van der Waals surface area contributed by atoms with E-state index in [9.17, 15) is 4.79 Å². The quantitative estimate of drug-likeness (QED) is 0.235. The van der Waals surface area contributed by atoms with Crippen LogP contribution in [0.25, 0.3) is 0 Å². The number of nitrogens with two attached hydrogens (primary N) is 1. The van der Waals surface area contributed by atoms with Gasteiger partial charge in [-0.3, -0.25) is 10.2 Å². The molecule has 3 aromatic carbocycles. The summed E-state index contributed by atoms with van der Waals surface area (Å²) in [5.74, 6) is 1.04. The Kier molecular flexibility index (Phi) is 10.2. The van der Waals surface area contributed by atoms with E-state index in [-0.39, 0.29) is 24.1 Å². The van der Waals surface area contributed by atoms with Gasteiger partial charge < -0.3 is 25.8 Å². The standard InChI is InChI=1S/C26H30N4O3.ClH/c1-3-32-22-15-12-20(16-23(22)33-4-2)24(26(31)29-17-18-8-6-5-7-9-18)30-21-13-10-19(11-14-21)25(27)28;/h5-16,24,30H,3-4,17H2,1-2H3,(H3,27,28)(H,29,31);1H/t24-;/m1./s1. The van der Waals surface area contributed by atoms with E-state index in [1.165, 1.54) is 0 Å². The van der Waals surface area contributed by atoms with Crippen molar-refractivity contribution in [2.75, 3.05) is 18.5 Å². The normalized spacial score (nSPS) is 11.0. The van der Waals surface area contributed by atoms with Gasteiger partial charge in [0.2, 0.25) is 5.91 Å². The molecular weight excluding hydrogens is 452 g/mol. The van der Waals surface area contributed by atoms with Gasteiger partial charge in [0.05, 0.1) is 13.2 Å². The number of rotatable bonds is 11. The van der Waals surface area contributed by atoms with Crippen LogP contribution in [-0.2, 0) is 11.3 Å². The maximum absolute atomic E-state index is 13.3. The minimum atomic E-state index is -0.674. The summed E-state index contributed by atoms with van der Waals surface area (Å²) in [6, 6.07) is 21.7. The first-order valence-electron chi connectivity index (χ1n) is 10.9. The third-order valence-corrected chi connectivity index (χ3v) is 4.98. The summed E-state index contributed by atoms with van der Waals surface area (Å²) >= 11 is 0. The number of nitrogen functional groups attached to an aromatic ring is 1. The Morgan fingerprint density at radius 2 is 1.59 bits per heavy atom. The van der Waals surface area contributed by atoms with E-state index in [4.69, 9.17) is 20.6 Å². The fourth-order valence-electron chi connectivity index (χ4n) is 3.35. The molecule has 3 aromatic rings. The molecule has 34 heavy (non-hydrogen) atoms. The molecule has 0 aliphatic heterocycles. The first kappa shape index (κ1) is 26.5. The van der Waals surface area contributed by atoms with Crippen LogP contribution in [0.2, 0.25) is 0 Å². The summed E-state index contributed by atoms with van der Waals surface area (Å²) in [7, 11) is 0. The molecule has 0 unspecified atom stereocenters. The van der Waals surface area contributed by atoms with Gasteiger partial charge in [0.15, 0.2) is 11.5 Å². The summed E-state index contributed by atoms with van der Waals surface area (Å²) in [5.41, 5.74) is 8.65. The van der Waals surface area contributed by atoms with Gasteiger partial charge in [0, 0.05) is 17.8 Å². The van der Waals surface area contributed by atoms with Crippen LogP contribution in [0.3, 0.4) is 0 Å². The highest BCUT2D eigenvalue weighted by molar-refractivity contribution is 5.95. The highest BCUT2D eigenvalue weighted by Crippen LogP contribution is 2.32. The molecule has 180 valence electrons. The van der Waals surface area contributed by atoms with E-state index in [0.717, 1.165) is 16.8 Å². The lowest BCUT2D eigenvalue weighted by Gasteiger charge is -2.22. The number of benzene rings is 3. The second-order valence-electron chi connectivity index (χ2n) is 7.34. The zero-order valence-corrected chi connectivity index (χ0v) is 20.2. The molecule has 5 N–H and O–H groups in total. The van der Waals surface area contributed by atoms with Crippen molar-refractivity contribution < 1.29 is 14.3 Å². The zero-order chi connectivity index (χ0) is 23.6. The molecule has 0 fully saturated rings. The number of halogens is 1. The number of amidine groups is 1. The van der Waals surface area contributed by atoms with Crippen LogP contribution in [0.5, 0.6) is 11.5 Å². The fraction of sp³-hybridized carbons (Fsp3) is 0.231. The monoisotopic (exact) mass is 482 g/mol. The average Bonchev–Trinajstić information content (AvgIpc) is 2.83. The van der Waals surface area contributed by atoms with Crippen LogP contribution < -0.4 is 25.8 Å². The van der Waals surface area contributed by atoms with Crippen molar-refractivity contribution in [2.45, 2.75) is 26.4 Å². The molecule has 0 heterocycles. The predicted molar refractivity (Wildman–Crippen MR) is 138 cm³/mol. The molecule has 0 aliphatic carbocycles. The Morgan fingerprint density at radius 1 is 0.941 bits per heavy atom. The van der Waals surface area contributed by atoms with E-state index in [0.29, 0.717) is 36.8 Å². The van der Waals surface area contributed by atoms with Gasteiger partial charge >= 0.3 is 0 Å². The van der Waals surface area contributed by atoms with Crippen LogP contribution in [0, 0.1) is 5.41 Å². The van der Waals surface area contributed by atoms with Crippen molar-refractivity contribution in [3.8, 4) is 11.5 Å². The number of carbonyl (C=O) groups is 1. The van der Waals surface area contributed by atoms with Crippen LogP contribution in [0.15, 0.2) is 72.8 Å². The molecule has 0 saturated carbocycles. The maximum atomic E-state index is 13.3. The summed E-state index contributed by atoms with van der Waals surface area (Å²) < 4.78 is 11.4. The molecule has 3 rings (SSSR count). The second-order valence-corrected chi connectivity index (χ2v) is 7.34. The summed E-state index contributed by atoms with van der Waals surface area (Å²) in [6.07, 6.45) is 0. The Bertz CT molecular complexity index is 1080. The Balaban J connectivity index is 0.00000408.